The number of fused-ring (bicyclic) bond motifs is 2. The smallest absolute Gasteiger partial charge is 0.336 e. The Labute approximate surface area is 161 Å². The molecule has 0 aliphatic carbocycles. The van der Waals surface area contributed by atoms with Crippen molar-refractivity contribution in [2.24, 2.45) is 0 Å². The molecule has 0 saturated heterocycles. The molecule has 146 valence electrons. The first-order chi connectivity index (χ1) is 13.2. The highest BCUT2D eigenvalue weighted by atomic mass is 32.2. The third kappa shape index (κ3) is 2.99. The molecule has 1 aliphatic rings. The first-order valence-electron chi connectivity index (χ1n) is 8.35. The van der Waals surface area contributed by atoms with Crippen molar-refractivity contribution in [3.05, 3.63) is 64.5 Å². The van der Waals surface area contributed by atoms with Gasteiger partial charge in [0.1, 0.15) is 5.58 Å². The molecule has 1 N–H and O–H groups in total. The standard InChI is InChI=1S/C18H16N2O6S2/c1-19-27(22,23)14-3-5-16-12(10-14)8-9-20(16)28(24,25)15-4-6-17-13(11-15)2-7-18(21)26-17/h2-7,10-11,19H,8-9H2,1H3. The van der Waals surface area contributed by atoms with Crippen molar-refractivity contribution in [1.29, 1.82) is 0 Å². The molecule has 0 amide bonds. The van der Waals surface area contributed by atoms with E-state index in [2.05, 4.69) is 4.72 Å². The Morgan fingerprint density at radius 1 is 0.964 bits per heavy atom. The second kappa shape index (κ2) is 6.43. The molecular weight excluding hydrogens is 404 g/mol. The summed E-state index contributed by atoms with van der Waals surface area (Å²) < 4.78 is 58.8. The van der Waals surface area contributed by atoms with Crippen LogP contribution in [0.5, 0.6) is 0 Å². The average Bonchev–Trinajstić information content (AvgIpc) is 3.11. The first kappa shape index (κ1) is 18.7. The summed E-state index contributed by atoms with van der Waals surface area (Å²) in [6.07, 6.45) is 0.407. The fourth-order valence-electron chi connectivity index (χ4n) is 3.22. The second-order valence-electron chi connectivity index (χ2n) is 6.28. The van der Waals surface area contributed by atoms with Crippen LogP contribution in [0, 0.1) is 0 Å². The van der Waals surface area contributed by atoms with Gasteiger partial charge in [0.05, 0.1) is 15.5 Å². The molecule has 0 spiro atoms. The predicted octanol–water partition coefficient (Wildman–Crippen LogP) is 1.45. The third-order valence-electron chi connectivity index (χ3n) is 4.66. The number of nitrogens with zero attached hydrogens (tertiary/aromatic N) is 1. The predicted molar refractivity (Wildman–Crippen MR) is 103 cm³/mol. The van der Waals surface area contributed by atoms with E-state index in [1.807, 2.05) is 0 Å². The zero-order chi connectivity index (χ0) is 20.1. The molecular formula is C18H16N2O6S2. The lowest BCUT2D eigenvalue weighted by molar-refractivity contribution is 0.560. The molecule has 0 unspecified atom stereocenters. The van der Waals surface area contributed by atoms with Crippen molar-refractivity contribution in [2.75, 3.05) is 17.9 Å². The van der Waals surface area contributed by atoms with E-state index >= 15 is 0 Å². The van der Waals surface area contributed by atoms with E-state index in [1.54, 1.807) is 0 Å². The van der Waals surface area contributed by atoms with Gasteiger partial charge in [-0.3, -0.25) is 4.31 Å². The third-order valence-corrected chi connectivity index (χ3v) is 7.88. The lowest BCUT2D eigenvalue weighted by atomic mass is 10.2. The van der Waals surface area contributed by atoms with Crippen LogP contribution < -0.4 is 14.7 Å². The van der Waals surface area contributed by atoms with Crippen molar-refractivity contribution in [2.45, 2.75) is 16.2 Å². The molecule has 2 heterocycles. The first-order valence-corrected chi connectivity index (χ1v) is 11.3. The van der Waals surface area contributed by atoms with Crippen LogP contribution in [-0.2, 0) is 26.5 Å². The Kier molecular flexibility index (Phi) is 4.29. The van der Waals surface area contributed by atoms with E-state index in [4.69, 9.17) is 4.42 Å². The Balaban J connectivity index is 1.76. The molecule has 28 heavy (non-hydrogen) atoms. The number of rotatable bonds is 4. The highest BCUT2D eigenvalue weighted by molar-refractivity contribution is 7.92. The van der Waals surface area contributed by atoms with Crippen LogP contribution in [-0.4, -0.2) is 30.4 Å². The maximum Gasteiger partial charge on any atom is 0.336 e. The molecule has 3 aromatic rings. The Hall–Kier alpha value is -2.69. The molecule has 4 rings (SSSR count). The summed E-state index contributed by atoms with van der Waals surface area (Å²) in [5.41, 5.74) is 0.889. The van der Waals surface area contributed by atoms with Crippen molar-refractivity contribution in [3.8, 4) is 0 Å². The summed E-state index contributed by atoms with van der Waals surface area (Å²) in [6, 6.07) is 11.4. The summed E-state index contributed by atoms with van der Waals surface area (Å²) in [4.78, 5) is 11.4. The minimum Gasteiger partial charge on any atom is -0.423 e. The SMILES string of the molecule is CNS(=O)(=O)c1ccc2c(c1)CCN2S(=O)(=O)c1ccc2oc(=O)ccc2c1. The topological polar surface area (TPSA) is 114 Å². The maximum atomic E-state index is 13.1. The van der Waals surface area contributed by atoms with Gasteiger partial charge in [0.15, 0.2) is 0 Å². The van der Waals surface area contributed by atoms with Gasteiger partial charge in [-0.05, 0) is 61.5 Å². The number of nitrogens with one attached hydrogen (secondary N) is 1. The molecule has 2 aromatic carbocycles. The highest BCUT2D eigenvalue weighted by Gasteiger charge is 2.32. The van der Waals surface area contributed by atoms with Gasteiger partial charge in [-0.15, -0.1) is 0 Å². The van der Waals surface area contributed by atoms with Crippen molar-refractivity contribution < 1.29 is 21.3 Å². The van der Waals surface area contributed by atoms with E-state index in [1.165, 1.54) is 59.9 Å². The molecule has 8 nitrogen and oxygen atoms in total. The van der Waals surface area contributed by atoms with Gasteiger partial charge in [-0.25, -0.2) is 26.4 Å². The monoisotopic (exact) mass is 420 g/mol. The Morgan fingerprint density at radius 3 is 2.46 bits per heavy atom. The fourth-order valence-corrected chi connectivity index (χ4v) is 5.54. The van der Waals surface area contributed by atoms with Gasteiger partial charge in [0.2, 0.25) is 10.0 Å². The lowest BCUT2D eigenvalue weighted by Gasteiger charge is -2.20. The van der Waals surface area contributed by atoms with Crippen LogP contribution in [0.25, 0.3) is 11.0 Å². The largest absolute Gasteiger partial charge is 0.423 e. The van der Waals surface area contributed by atoms with Crippen LogP contribution in [0.2, 0.25) is 0 Å². The molecule has 1 aromatic heterocycles. The van der Waals surface area contributed by atoms with Crippen LogP contribution >= 0.6 is 0 Å². The lowest BCUT2D eigenvalue weighted by Crippen LogP contribution is -2.29. The molecule has 0 fully saturated rings. The highest BCUT2D eigenvalue weighted by Crippen LogP contribution is 2.35. The van der Waals surface area contributed by atoms with Gasteiger partial charge in [-0.1, -0.05) is 0 Å². The van der Waals surface area contributed by atoms with Crippen molar-refractivity contribution in [1.82, 2.24) is 4.72 Å². The van der Waals surface area contributed by atoms with E-state index in [0.29, 0.717) is 28.6 Å². The number of benzene rings is 2. The Morgan fingerprint density at radius 2 is 1.71 bits per heavy atom. The zero-order valence-corrected chi connectivity index (χ0v) is 16.4. The molecule has 0 radical (unpaired) electrons. The van der Waals surface area contributed by atoms with Gasteiger partial charge >= 0.3 is 5.63 Å². The zero-order valence-electron chi connectivity index (χ0n) is 14.7. The quantitative estimate of drug-likeness (QED) is 0.639. The van der Waals surface area contributed by atoms with E-state index in [-0.39, 0.29) is 16.3 Å². The van der Waals surface area contributed by atoms with Crippen LogP contribution in [0.15, 0.2) is 67.5 Å². The summed E-state index contributed by atoms with van der Waals surface area (Å²) >= 11 is 0. The molecule has 0 bridgehead atoms. The summed E-state index contributed by atoms with van der Waals surface area (Å²) in [5, 5.41) is 0.496. The van der Waals surface area contributed by atoms with Crippen LogP contribution in [0.3, 0.4) is 0 Å². The summed E-state index contributed by atoms with van der Waals surface area (Å²) in [5.74, 6) is 0. The minimum absolute atomic E-state index is 0.0635. The number of hydrogen-bond acceptors (Lipinski definition) is 6. The van der Waals surface area contributed by atoms with E-state index in [9.17, 15) is 21.6 Å². The number of sulfonamides is 2. The van der Waals surface area contributed by atoms with Gasteiger partial charge in [0.25, 0.3) is 10.0 Å². The van der Waals surface area contributed by atoms with E-state index in [0.717, 1.165) is 0 Å². The molecule has 0 saturated carbocycles. The maximum absolute atomic E-state index is 13.1. The van der Waals surface area contributed by atoms with E-state index < -0.39 is 25.7 Å². The summed E-state index contributed by atoms with van der Waals surface area (Å²) in [6.45, 7) is 0.211. The molecule has 1 aliphatic heterocycles. The van der Waals surface area contributed by atoms with Gasteiger partial charge in [-0.2, -0.15) is 0 Å². The normalized spacial score (nSPS) is 14.4. The van der Waals surface area contributed by atoms with Crippen molar-refractivity contribution >= 4 is 36.7 Å². The molecule has 10 heteroatoms. The summed E-state index contributed by atoms with van der Waals surface area (Å²) in [7, 11) is -6.15. The average molecular weight is 420 g/mol. The number of hydrogen-bond donors (Lipinski definition) is 1. The number of anilines is 1. The minimum atomic E-state index is -3.86. The van der Waals surface area contributed by atoms with Gasteiger partial charge in [0, 0.05) is 18.0 Å². The van der Waals surface area contributed by atoms with Gasteiger partial charge < -0.3 is 4.42 Å². The molecule has 0 atom stereocenters. The Bertz CT molecular complexity index is 1360. The second-order valence-corrected chi connectivity index (χ2v) is 10.0. The van der Waals surface area contributed by atoms with Crippen LogP contribution in [0.4, 0.5) is 5.69 Å². The fraction of sp³-hybridized carbons (Fsp3) is 0.167. The van der Waals surface area contributed by atoms with Crippen LogP contribution in [0.1, 0.15) is 5.56 Å². The van der Waals surface area contributed by atoms with Crippen molar-refractivity contribution in [3.63, 3.8) is 0 Å².